The smallest absolute Gasteiger partial charge is 0.147 e. The van der Waals surface area contributed by atoms with Crippen LogP contribution in [0.25, 0.3) is 0 Å². The second-order valence-electron chi connectivity index (χ2n) is 4.62. The summed E-state index contributed by atoms with van der Waals surface area (Å²) >= 11 is 5.84. The maximum Gasteiger partial charge on any atom is 0.147 e. The summed E-state index contributed by atoms with van der Waals surface area (Å²) in [5.74, 6) is 3.32. The van der Waals surface area contributed by atoms with Gasteiger partial charge in [0.25, 0.3) is 0 Å². The summed E-state index contributed by atoms with van der Waals surface area (Å²) in [5, 5.41) is 8.43. The highest BCUT2D eigenvalue weighted by Gasteiger charge is 2.18. The normalized spacial score (nSPS) is 17.9. The molecule has 1 fully saturated rings. The number of nitrogens with zero attached hydrogens (tertiary/aromatic N) is 3. The highest BCUT2D eigenvalue weighted by atomic mass is 35.5. The molecule has 0 unspecified atom stereocenters. The van der Waals surface area contributed by atoms with Crippen molar-refractivity contribution in [1.82, 2.24) is 14.8 Å². The Bertz CT molecular complexity index is 329. The molecule has 0 aliphatic heterocycles. The molecule has 0 aromatic carbocycles. The Morgan fingerprint density at radius 2 is 1.88 bits per heavy atom. The van der Waals surface area contributed by atoms with E-state index in [0.29, 0.717) is 5.88 Å². The zero-order valence-electron chi connectivity index (χ0n) is 9.95. The Labute approximate surface area is 102 Å². The molecule has 1 aromatic heterocycles. The Morgan fingerprint density at radius 3 is 2.50 bits per heavy atom. The molecule has 0 N–H and O–H groups in total. The summed E-state index contributed by atoms with van der Waals surface area (Å²) in [7, 11) is 0. The van der Waals surface area contributed by atoms with Crippen LogP contribution in [0.3, 0.4) is 0 Å². The van der Waals surface area contributed by atoms with Crippen molar-refractivity contribution in [3.05, 3.63) is 11.6 Å². The number of hydrogen-bond acceptors (Lipinski definition) is 2. The van der Waals surface area contributed by atoms with Gasteiger partial charge in [0.1, 0.15) is 11.6 Å². The minimum Gasteiger partial charge on any atom is -0.314 e. The van der Waals surface area contributed by atoms with E-state index in [1.807, 2.05) is 0 Å². The average Bonchev–Trinajstić information content (AvgIpc) is 2.72. The third-order valence-corrected chi connectivity index (χ3v) is 3.77. The molecule has 3 nitrogen and oxygen atoms in total. The number of halogens is 1. The van der Waals surface area contributed by atoms with Gasteiger partial charge < -0.3 is 4.57 Å². The maximum atomic E-state index is 5.84. The number of rotatable bonds is 4. The van der Waals surface area contributed by atoms with Gasteiger partial charge in [0.05, 0.1) is 5.88 Å². The number of hydrogen-bond donors (Lipinski definition) is 0. The van der Waals surface area contributed by atoms with Gasteiger partial charge in [0.2, 0.25) is 0 Å². The van der Waals surface area contributed by atoms with Crippen LogP contribution in [0.2, 0.25) is 0 Å². The second-order valence-corrected chi connectivity index (χ2v) is 4.89. The Balaban J connectivity index is 2.05. The van der Waals surface area contributed by atoms with E-state index in [0.717, 1.165) is 30.5 Å². The third kappa shape index (κ3) is 2.57. The summed E-state index contributed by atoms with van der Waals surface area (Å²) in [6.07, 6.45) is 7.96. The lowest BCUT2D eigenvalue weighted by atomic mass is 9.87. The van der Waals surface area contributed by atoms with Crippen molar-refractivity contribution in [2.45, 2.75) is 57.9 Å². The van der Waals surface area contributed by atoms with Crippen LogP contribution in [0.5, 0.6) is 0 Å². The molecule has 0 radical (unpaired) electrons. The van der Waals surface area contributed by atoms with E-state index in [4.69, 9.17) is 11.6 Å². The van der Waals surface area contributed by atoms with Crippen LogP contribution in [-0.4, -0.2) is 14.8 Å². The lowest BCUT2D eigenvalue weighted by Gasteiger charge is -2.21. The zero-order valence-corrected chi connectivity index (χ0v) is 10.7. The highest BCUT2D eigenvalue weighted by molar-refractivity contribution is 6.16. The van der Waals surface area contributed by atoms with E-state index in [1.165, 1.54) is 32.1 Å². The molecular formula is C12H20ClN3. The van der Waals surface area contributed by atoms with E-state index < -0.39 is 0 Å². The number of alkyl halides is 1. The topological polar surface area (TPSA) is 30.7 Å². The molecule has 0 saturated heterocycles. The van der Waals surface area contributed by atoms with Crippen molar-refractivity contribution in [2.75, 3.05) is 0 Å². The van der Waals surface area contributed by atoms with Gasteiger partial charge in [-0.25, -0.2) is 0 Å². The van der Waals surface area contributed by atoms with Crippen LogP contribution in [0, 0.1) is 5.92 Å². The van der Waals surface area contributed by atoms with Crippen molar-refractivity contribution >= 4 is 11.6 Å². The Kier molecular flexibility index (Phi) is 4.22. The fourth-order valence-electron chi connectivity index (χ4n) is 2.64. The van der Waals surface area contributed by atoms with Crippen molar-refractivity contribution in [2.24, 2.45) is 5.92 Å². The Morgan fingerprint density at radius 1 is 1.19 bits per heavy atom. The van der Waals surface area contributed by atoms with E-state index in [2.05, 4.69) is 21.7 Å². The second kappa shape index (κ2) is 5.67. The first kappa shape index (κ1) is 11.9. The minimum absolute atomic E-state index is 0.464. The SMILES string of the molecule is CCn1c(CCl)nnc1CC1CCCCC1. The highest BCUT2D eigenvalue weighted by Crippen LogP contribution is 2.26. The minimum atomic E-state index is 0.464. The van der Waals surface area contributed by atoms with Crippen molar-refractivity contribution in [3.8, 4) is 0 Å². The quantitative estimate of drug-likeness (QED) is 0.759. The van der Waals surface area contributed by atoms with E-state index in [9.17, 15) is 0 Å². The summed E-state index contributed by atoms with van der Waals surface area (Å²) in [4.78, 5) is 0. The summed E-state index contributed by atoms with van der Waals surface area (Å²) in [5.41, 5.74) is 0. The van der Waals surface area contributed by atoms with E-state index >= 15 is 0 Å². The third-order valence-electron chi connectivity index (χ3n) is 3.54. The van der Waals surface area contributed by atoms with Gasteiger partial charge in [-0.2, -0.15) is 0 Å². The van der Waals surface area contributed by atoms with Gasteiger partial charge in [0.15, 0.2) is 0 Å². The van der Waals surface area contributed by atoms with Crippen molar-refractivity contribution in [3.63, 3.8) is 0 Å². The van der Waals surface area contributed by atoms with Crippen molar-refractivity contribution in [1.29, 1.82) is 0 Å². The van der Waals surface area contributed by atoms with Gasteiger partial charge in [-0.15, -0.1) is 21.8 Å². The largest absolute Gasteiger partial charge is 0.314 e. The fourth-order valence-corrected chi connectivity index (χ4v) is 2.83. The molecule has 1 aliphatic carbocycles. The lowest BCUT2D eigenvalue weighted by molar-refractivity contribution is 0.347. The summed E-state index contributed by atoms with van der Waals surface area (Å²) < 4.78 is 2.17. The maximum absolute atomic E-state index is 5.84. The molecule has 0 bridgehead atoms. The van der Waals surface area contributed by atoms with Gasteiger partial charge in [-0.3, -0.25) is 0 Å². The molecule has 2 rings (SSSR count). The van der Waals surface area contributed by atoms with E-state index in [-0.39, 0.29) is 0 Å². The summed E-state index contributed by atoms with van der Waals surface area (Å²) in [6, 6.07) is 0. The molecule has 0 spiro atoms. The van der Waals surface area contributed by atoms with Gasteiger partial charge in [-0.05, 0) is 12.8 Å². The zero-order chi connectivity index (χ0) is 11.4. The van der Waals surface area contributed by atoms with Crippen LogP contribution in [-0.2, 0) is 18.8 Å². The van der Waals surface area contributed by atoms with Gasteiger partial charge in [0, 0.05) is 13.0 Å². The van der Waals surface area contributed by atoms with E-state index in [1.54, 1.807) is 0 Å². The molecule has 16 heavy (non-hydrogen) atoms. The monoisotopic (exact) mass is 241 g/mol. The molecule has 1 aliphatic rings. The predicted octanol–water partition coefficient (Wildman–Crippen LogP) is 3.16. The average molecular weight is 242 g/mol. The predicted molar refractivity (Wildman–Crippen MR) is 65.5 cm³/mol. The molecule has 0 atom stereocenters. The van der Waals surface area contributed by atoms with Crippen LogP contribution in [0.4, 0.5) is 0 Å². The molecule has 1 saturated carbocycles. The van der Waals surface area contributed by atoms with Crippen LogP contribution in [0.1, 0.15) is 50.7 Å². The van der Waals surface area contributed by atoms with Crippen molar-refractivity contribution < 1.29 is 0 Å². The standard InChI is InChI=1S/C12H20ClN3/c1-2-16-11(14-15-12(16)9-13)8-10-6-4-3-5-7-10/h10H,2-9H2,1H3. The molecule has 1 aromatic rings. The Hall–Kier alpha value is -0.570. The molecule has 1 heterocycles. The molecular weight excluding hydrogens is 222 g/mol. The molecule has 0 amide bonds. The van der Waals surface area contributed by atoms with Gasteiger partial charge in [-0.1, -0.05) is 32.1 Å². The van der Waals surface area contributed by atoms with Crippen LogP contribution < -0.4 is 0 Å². The molecule has 90 valence electrons. The van der Waals surface area contributed by atoms with Crippen LogP contribution >= 0.6 is 11.6 Å². The fraction of sp³-hybridized carbons (Fsp3) is 0.833. The lowest BCUT2D eigenvalue weighted by Crippen LogP contribution is -2.14. The van der Waals surface area contributed by atoms with Gasteiger partial charge >= 0.3 is 0 Å². The first-order chi connectivity index (χ1) is 7.85. The van der Waals surface area contributed by atoms with Crippen LogP contribution in [0.15, 0.2) is 0 Å². The summed E-state index contributed by atoms with van der Waals surface area (Å²) in [6.45, 7) is 3.06. The first-order valence-corrected chi connectivity index (χ1v) is 6.85. The molecule has 4 heteroatoms. The first-order valence-electron chi connectivity index (χ1n) is 6.32. The number of aromatic nitrogens is 3.